The van der Waals surface area contributed by atoms with E-state index in [4.69, 9.17) is 15.0 Å². The molecular formula is C37H25N3. The summed E-state index contributed by atoms with van der Waals surface area (Å²) in [4.78, 5) is 15.0. The molecule has 0 radical (unpaired) electrons. The van der Waals surface area contributed by atoms with E-state index in [1.165, 1.54) is 5.56 Å². The van der Waals surface area contributed by atoms with Crippen LogP contribution in [0.25, 0.3) is 67.2 Å². The summed E-state index contributed by atoms with van der Waals surface area (Å²) in [5, 5.41) is 2.27. The third-order valence-electron chi connectivity index (χ3n) is 7.14. The van der Waals surface area contributed by atoms with Gasteiger partial charge in [-0.2, -0.15) is 0 Å². The average molecular weight is 512 g/mol. The summed E-state index contributed by atoms with van der Waals surface area (Å²) in [5.41, 5.74) is 7.51. The first-order chi connectivity index (χ1) is 19.8. The molecule has 0 saturated carbocycles. The fourth-order valence-corrected chi connectivity index (χ4v) is 5.09. The average Bonchev–Trinajstić information content (AvgIpc) is 3.05. The van der Waals surface area contributed by atoms with Gasteiger partial charge in [0, 0.05) is 16.7 Å². The van der Waals surface area contributed by atoms with Crippen molar-refractivity contribution >= 4 is 10.8 Å². The topological polar surface area (TPSA) is 38.7 Å². The molecule has 0 saturated heterocycles. The van der Waals surface area contributed by atoms with E-state index in [2.05, 4.69) is 140 Å². The Hall–Kier alpha value is -5.41. The van der Waals surface area contributed by atoms with Crippen molar-refractivity contribution in [2.24, 2.45) is 0 Å². The van der Waals surface area contributed by atoms with Gasteiger partial charge in [-0.1, -0.05) is 146 Å². The Balaban J connectivity index is 1.39. The van der Waals surface area contributed by atoms with Crippen molar-refractivity contribution in [3.63, 3.8) is 0 Å². The molecule has 0 N–H and O–H groups in total. The lowest BCUT2D eigenvalue weighted by Gasteiger charge is -2.11. The Bertz CT molecular complexity index is 1920. The minimum atomic E-state index is 0.651. The smallest absolute Gasteiger partial charge is 0.164 e. The minimum absolute atomic E-state index is 0.651. The van der Waals surface area contributed by atoms with Crippen LogP contribution in [0.1, 0.15) is 0 Å². The zero-order chi connectivity index (χ0) is 26.7. The third-order valence-corrected chi connectivity index (χ3v) is 7.14. The van der Waals surface area contributed by atoms with Crippen LogP contribution in [0.3, 0.4) is 0 Å². The monoisotopic (exact) mass is 511 g/mol. The summed E-state index contributed by atoms with van der Waals surface area (Å²) >= 11 is 0. The number of rotatable bonds is 5. The normalized spacial score (nSPS) is 11.0. The van der Waals surface area contributed by atoms with Crippen LogP contribution in [0.15, 0.2) is 152 Å². The van der Waals surface area contributed by atoms with Crippen molar-refractivity contribution in [3.8, 4) is 56.4 Å². The van der Waals surface area contributed by atoms with Crippen LogP contribution in [0, 0.1) is 0 Å². The molecule has 0 atom stereocenters. The quantitative estimate of drug-likeness (QED) is 0.231. The SMILES string of the molecule is c1ccc(-c2ccc(-c3nc(-c4cccc(-c5ccccc5)c4)nc(-c4cccc5ccccc45)n3)cc2)cc1. The Labute approximate surface area is 233 Å². The highest BCUT2D eigenvalue weighted by Gasteiger charge is 2.15. The van der Waals surface area contributed by atoms with E-state index < -0.39 is 0 Å². The van der Waals surface area contributed by atoms with E-state index in [0.29, 0.717) is 17.5 Å². The molecule has 0 aliphatic rings. The highest BCUT2D eigenvalue weighted by atomic mass is 15.0. The van der Waals surface area contributed by atoms with Crippen molar-refractivity contribution in [3.05, 3.63) is 152 Å². The van der Waals surface area contributed by atoms with Crippen LogP contribution < -0.4 is 0 Å². The fourth-order valence-electron chi connectivity index (χ4n) is 5.09. The predicted octanol–water partition coefficient (Wildman–Crippen LogP) is 9.36. The molecule has 188 valence electrons. The van der Waals surface area contributed by atoms with Crippen molar-refractivity contribution in [1.29, 1.82) is 0 Å². The maximum Gasteiger partial charge on any atom is 0.164 e. The van der Waals surface area contributed by atoms with Crippen molar-refractivity contribution in [2.75, 3.05) is 0 Å². The number of fused-ring (bicyclic) bond motifs is 1. The maximum atomic E-state index is 5.03. The number of nitrogens with zero attached hydrogens (tertiary/aromatic N) is 3. The molecule has 0 unspecified atom stereocenters. The zero-order valence-corrected chi connectivity index (χ0v) is 21.8. The van der Waals surface area contributed by atoms with E-state index in [1.54, 1.807) is 0 Å². The van der Waals surface area contributed by atoms with Crippen LogP contribution in [0.5, 0.6) is 0 Å². The molecule has 1 heterocycles. The van der Waals surface area contributed by atoms with E-state index in [-0.39, 0.29) is 0 Å². The molecule has 1 aromatic heterocycles. The fraction of sp³-hybridized carbons (Fsp3) is 0. The number of benzene rings is 6. The first-order valence-electron chi connectivity index (χ1n) is 13.4. The van der Waals surface area contributed by atoms with Gasteiger partial charge in [0.15, 0.2) is 17.5 Å². The van der Waals surface area contributed by atoms with Gasteiger partial charge in [0.2, 0.25) is 0 Å². The van der Waals surface area contributed by atoms with Crippen molar-refractivity contribution in [2.45, 2.75) is 0 Å². The van der Waals surface area contributed by atoms with E-state index in [9.17, 15) is 0 Å². The summed E-state index contributed by atoms with van der Waals surface area (Å²) in [6, 6.07) is 52.2. The van der Waals surface area contributed by atoms with Crippen LogP contribution in [-0.4, -0.2) is 15.0 Å². The van der Waals surface area contributed by atoms with Gasteiger partial charge in [0.25, 0.3) is 0 Å². The van der Waals surface area contributed by atoms with Gasteiger partial charge in [-0.3, -0.25) is 0 Å². The molecule has 6 aromatic carbocycles. The summed E-state index contributed by atoms with van der Waals surface area (Å²) in [6.45, 7) is 0. The van der Waals surface area contributed by atoms with Crippen molar-refractivity contribution in [1.82, 2.24) is 15.0 Å². The summed E-state index contributed by atoms with van der Waals surface area (Å²) < 4.78 is 0. The summed E-state index contributed by atoms with van der Waals surface area (Å²) in [7, 11) is 0. The van der Waals surface area contributed by atoms with E-state index in [0.717, 1.165) is 44.2 Å². The first kappa shape index (κ1) is 23.7. The Morgan fingerprint density at radius 3 is 1.52 bits per heavy atom. The van der Waals surface area contributed by atoms with Gasteiger partial charge < -0.3 is 0 Å². The molecule has 0 fully saturated rings. The second kappa shape index (κ2) is 10.4. The van der Waals surface area contributed by atoms with Gasteiger partial charge in [-0.25, -0.2) is 15.0 Å². The van der Waals surface area contributed by atoms with Gasteiger partial charge >= 0.3 is 0 Å². The second-order valence-electron chi connectivity index (χ2n) is 9.72. The molecule has 7 aromatic rings. The maximum absolute atomic E-state index is 5.03. The standard InChI is InChI=1S/C37H25N3/c1-3-11-26(12-4-1)28-21-23-30(24-22-28)35-38-36(32-18-9-17-31(25-32)27-13-5-2-6-14-27)40-37(39-35)34-20-10-16-29-15-7-8-19-33(29)34/h1-25H. The lowest BCUT2D eigenvalue weighted by molar-refractivity contribution is 1.08. The number of hydrogen-bond donors (Lipinski definition) is 0. The largest absolute Gasteiger partial charge is 0.208 e. The highest BCUT2D eigenvalue weighted by Crippen LogP contribution is 2.31. The highest BCUT2D eigenvalue weighted by molar-refractivity contribution is 5.95. The minimum Gasteiger partial charge on any atom is -0.208 e. The summed E-state index contributed by atoms with van der Waals surface area (Å²) in [6.07, 6.45) is 0. The van der Waals surface area contributed by atoms with Gasteiger partial charge in [-0.05, 0) is 39.1 Å². The lowest BCUT2D eigenvalue weighted by atomic mass is 10.0. The molecule has 0 bridgehead atoms. The number of hydrogen-bond acceptors (Lipinski definition) is 3. The lowest BCUT2D eigenvalue weighted by Crippen LogP contribution is -2.00. The van der Waals surface area contributed by atoms with E-state index >= 15 is 0 Å². The van der Waals surface area contributed by atoms with Gasteiger partial charge in [0.1, 0.15) is 0 Å². The van der Waals surface area contributed by atoms with Crippen LogP contribution in [0.4, 0.5) is 0 Å². The molecule has 0 aliphatic carbocycles. The Morgan fingerprint density at radius 1 is 0.300 bits per heavy atom. The molecule has 7 rings (SSSR count). The molecule has 3 heteroatoms. The van der Waals surface area contributed by atoms with Gasteiger partial charge in [-0.15, -0.1) is 0 Å². The van der Waals surface area contributed by atoms with Crippen LogP contribution in [-0.2, 0) is 0 Å². The Morgan fingerprint density at radius 2 is 0.775 bits per heavy atom. The Kier molecular flexibility index (Phi) is 6.15. The van der Waals surface area contributed by atoms with Crippen molar-refractivity contribution < 1.29 is 0 Å². The molecular weight excluding hydrogens is 486 g/mol. The van der Waals surface area contributed by atoms with E-state index in [1.807, 2.05) is 12.1 Å². The van der Waals surface area contributed by atoms with Gasteiger partial charge in [0.05, 0.1) is 0 Å². The molecule has 0 spiro atoms. The zero-order valence-electron chi connectivity index (χ0n) is 21.8. The predicted molar refractivity (Wildman–Crippen MR) is 165 cm³/mol. The first-order valence-corrected chi connectivity index (χ1v) is 13.4. The summed E-state index contributed by atoms with van der Waals surface area (Å²) in [5.74, 6) is 1.96. The van der Waals surface area contributed by atoms with Crippen LogP contribution in [0.2, 0.25) is 0 Å². The molecule has 40 heavy (non-hydrogen) atoms. The molecule has 0 aliphatic heterocycles. The molecule has 0 amide bonds. The number of aromatic nitrogens is 3. The second-order valence-corrected chi connectivity index (χ2v) is 9.72. The van der Waals surface area contributed by atoms with Crippen LogP contribution >= 0.6 is 0 Å². The molecule has 3 nitrogen and oxygen atoms in total. The third kappa shape index (κ3) is 4.65.